The van der Waals surface area contributed by atoms with E-state index in [1.54, 1.807) is 0 Å². The fourth-order valence-corrected chi connectivity index (χ4v) is 1.75. The van der Waals surface area contributed by atoms with Gasteiger partial charge in [0.05, 0.1) is 6.73 Å². The van der Waals surface area contributed by atoms with E-state index in [-0.39, 0.29) is 12.1 Å². The van der Waals surface area contributed by atoms with Crippen LogP contribution in [0.1, 0.15) is 37.5 Å². The van der Waals surface area contributed by atoms with Crippen LogP contribution in [0.2, 0.25) is 0 Å². The van der Waals surface area contributed by atoms with Gasteiger partial charge in [-0.25, -0.2) is 0 Å². The van der Waals surface area contributed by atoms with Gasteiger partial charge in [-0.05, 0) is 35.4 Å². The van der Waals surface area contributed by atoms with Crippen LogP contribution in [0.25, 0.3) is 0 Å². The van der Waals surface area contributed by atoms with Gasteiger partial charge in [0.25, 0.3) is 0 Å². The smallest absolute Gasteiger partial charge is 0.0931 e. The van der Waals surface area contributed by atoms with Crippen LogP contribution in [0.4, 0.5) is 0 Å². The molecule has 0 heterocycles. The molecule has 0 saturated carbocycles. The summed E-state index contributed by atoms with van der Waals surface area (Å²) < 4.78 is 0. The van der Waals surface area contributed by atoms with Gasteiger partial charge in [-0.15, -0.1) is 0 Å². The average molecular weight is 221 g/mol. The number of aliphatic hydroxyl groups excluding tert-OH is 1. The van der Waals surface area contributed by atoms with Crippen LogP contribution >= 0.6 is 0 Å². The van der Waals surface area contributed by atoms with Gasteiger partial charge in [0.2, 0.25) is 0 Å². The number of aliphatic hydroxyl groups is 1. The van der Waals surface area contributed by atoms with Crippen molar-refractivity contribution in [2.24, 2.45) is 0 Å². The Labute approximate surface area is 98.7 Å². The van der Waals surface area contributed by atoms with Gasteiger partial charge >= 0.3 is 0 Å². The summed E-state index contributed by atoms with van der Waals surface area (Å²) in [6.45, 7) is 9.73. The molecule has 0 aliphatic heterocycles. The summed E-state index contributed by atoms with van der Waals surface area (Å²) in [5.74, 6) is 0. The van der Waals surface area contributed by atoms with Gasteiger partial charge in [0, 0.05) is 6.54 Å². The van der Waals surface area contributed by atoms with E-state index in [9.17, 15) is 0 Å². The van der Waals surface area contributed by atoms with E-state index in [0.717, 1.165) is 13.0 Å². The molecular weight excluding hydrogens is 198 g/mol. The van der Waals surface area contributed by atoms with Crippen LogP contribution in [0.3, 0.4) is 0 Å². The molecule has 0 fully saturated rings. The molecule has 0 bridgehead atoms. The summed E-state index contributed by atoms with van der Waals surface area (Å²) >= 11 is 0. The molecule has 0 radical (unpaired) electrons. The van der Waals surface area contributed by atoms with Crippen molar-refractivity contribution in [2.45, 2.75) is 39.5 Å². The molecule has 1 aromatic carbocycles. The zero-order valence-electron chi connectivity index (χ0n) is 10.8. The van der Waals surface area contributed by atoms with Gasteiger partial charge in [-0.3, -0.25) is 5.32 Å². The van der Waals surface area contributed by atoms with Crippen molar-refractivity contribution in [3.05, 3.63) is 34.9 Å². The van der Waals surface area contributed by atoms with Crippen molar-refractivity contribution in [3.63, 3.8) is 0 Å². The van der Waals surface area contributed by atoms with Crippen LogP contribution in [0.15, 0.2) is 18.2 Å². The maximum absolute atomic E-state index is 8.65. The second kappa shape index (κ2) is 5.46. The van der Waals surface area contributed by atoms with Crippen LogP contribution in [0.5, 0.6) is 0 Å². The van der Waals surface area contributed by atoms with Crippen molar-refractivity contribution in [3.8, 4) is 0 Å². The first-order valence-electron chi connectivity index (χ1n) is 5.86. The van der Waals surface area contributed by atoms with Crippen molar-refractivity contribution in [1.82, 2.24) is 5.32 Å². The van der Waals surface area contributed by atoms with Crippen LogP contribution in [0, 0.1) is 6.92 Å². The number of hydrogen-bond donors (Lipinski definition) is 2. The molecule has 90 valence electrons. The standard InChI is InChI=1S/C14H23NO/c1-11-9-13(14(2,3)4)6-5-12(11)7-8-15-10-16/h5-6,9,15-16H,7-8,10H2,1-4H3. The van der Waals surface area contributed by atoms with Gasteiger partial charge in [0.1, 0.15) is 0 Å². The summed E-state index contributed by atoms with van der Waals surface area (Å²) in [5.41, 5.74) is 4.29. The zero-order chi connectivity index (χ0) is 12.2. The summed E-state index contributed by atoms with van der Waals surface area (Å²) in [6.07, 6.45) is 0.969. The third-order valence-corrected chi connectivity index (χ3v) is 2.89. The Bertz CT molecular complexity index is 339. The Kier molecular flexibility index (Phi) is 4.51. The highest BCUT2D eigenvalue weighted by Crippen LogP contribution is 2.24. The van der Waals surface area contributed by atoms with Gasteiger partial charge < -0.3 is 5.11 Å². The van der Waals surface area contributed by atoms with Gasteiger partial charge in [-0.1, -0.05) is 39.0 Å². The molecule has 2 heteroatoms. The van der Waals surface area contributed by atoms with E-state index in [1.807, 2.05) is 0 Å². The van der Waals surface area contributed by atoms with E-state index in [0.29, 0.717) is 0 Å². The van der Waals surface area contributed by atoms with Crippen molar-refractivity contribution in [1.29, 1.82) is 0 Å². The van der Waals surface area contributed by atoms with E-state index in [1.165, 1.54) is 16.7 Å². The highest BCUT2D eigenvalue weighted by molar-refractivity contribution is 5.34. The third kappa shape index (κ3) is 3.62. The normalized spacial score (nSPS) is 11.8. The summed E-state index contributed by atoms with van der Waals surface area (Å²) in [7, 11) is 0. The molecule has 2 nitrogen and oxygen atoms in total. The van der Waals surface area contributed by atoms with Gasteiger partial charge in [-0.2, -0.15) is 0 Å². The van der Waals surface area contributed by atoms with Crippen molar-refractivity contribution >= 4 is 0 Å². The molecule has 0 spiro atoms. The Morgan fingerprint density at radius 2 is 1.94 bits per heavy atom. The predicted molar refractivity (Wildman–Crippen MR) is 68.7 cm³/mol. The number of hydrogen-bond acceptors (Lipinski definition) is 2. The first-order valence-corrected chi connectivity index (χ1v) is 5.86. The minimum atomic E-state index is 0.0547. The molecule has 0 atom stereocenters. The average Bonchev–Trinajstić information content (AvgIpc) is 2.19. The predicted octanol–water partition coefficient (Wildman–Crippen LogP) is 2.37. The van der Waals surface area contributed by atoms with E-state index in [4.69, 9.17) is 5.11 Å². The van der Waals surface area contributed by atoms with Crippen LogP contribution in [-0.4, -0.2) is 18.4 Å². The second-order valence-corrected chi connectivity index (χ2v) is 5.30. The number of aryl methyl sites for hydroxylation is 1. The molecule has 0 aromatic heterocycles. The van der Waals surface area contributed by atoms with Crippen LogP contribution < -0.4 is 5.32 Å². The molecule has 0 aliphatic carbocycles. The topological polar surface area (TPSA) is 32.3 Å². The summed E-state index contributed by atoms with van der Waals surface area (Å²) in [5, 5.41) is 11.6. The largest absolute Gasteiger partial charge is 0.381 e. The summed E-state index contributed by atoms with van der Waals surface area (Å²) in [6, 6.07) is 6.69. The lowest BCUT2D eigenvalue weighted by molar-refractivity contribution is 0.262. The Morgan fingerprint density at radius 3 is 2.44 bits per heavy atom. The molecule has 1 rings (SSSR count). The summed E-state index contributed by atoms with van der Waals surface area (Å²) in [4.78, 5) is 0. The molecule has 0 amide bonds. The molecular formula is C14H23NO. The molecule has 0 unspecified atom stereocenters. The Morgan fingerprint density at radius 1 is 1.25 bits per heavy atom. The van der Waals surface area contributed by atoms with Crippen molar-refractivity contribution in [2.75, 3.05) is 13.3 Å². The fourth-order valence-electron chi connectivity index (χ4n) is 1.75. The number of nitrogens with one attached hydrogen (secondary N) is 1. The molecule has 16 heavy (non-hydrogen) atoms. The lowest BCUT2D eigenvalue weighted by atomic mass is 9.85. The zero-order valence-corrected chi connectivity index (χ0v) is 10.8. The SMILES string of the molecule is Cc1cc(C(C)(C)C)ccc1CCNCO. The molecule has 0 aliphatic rings. The van der Waals surface area contributed by atoms with Gasteiger partial charge in [0.15, 0.2) is 0 Å². The Balaban J connectivity index is 2.76. The molecule has 0 saturated heterocycles. The second-order valence-electron chi connectivity index (χ2n) is 5.30. The maximum Gasteiger partial charge on any atom is 0.0931 e. The first-order chi connectivity index (χ1) is 7.45. The fraction of sp³-hybridized carbons (Fsp3) is 0.571. The van der Waals surface area contributed by atoms with E-state index < -0.39 is 0 Å². The van der Waals surface area contributed by atoms with E-state index in [2.05, 4.69) is 51.2 Å². The molecule has 1 aromatic rings. The van der Waals surface area contributed by atoms with Crippen LogP contribution in [-0.2, 0) is 11.8 Å². The number of benzene rings is 1. The highest BCUT2D eigenvalue weighted by atomic mass is 16.3. The quantitative estimate of drug-likeness (QED) is 0.604. The molecule has 2 N–H and O–H groups in total. The number of rotatable bonds is 4. The maximum atomic E-state index is 8.65. The third-order valence-electron chi connectivity index (χ3n) is 2.89. The highest BCUT2D eigenvalue weighted by Gasteiger charge is 2.14. The Hall–Kier alpha value is -0.860. The monoisotopic (exact) mass is 221 g/mol. The minimum absolute atomic E-state index is 0.0547. The van der Waals surface area contributed by atoms with Crippen molar-refractivity contribution < 1.29 is 5.11 Å². The lowest BCUT2D eigenvalue weighted by Crippen LogP contribution is -2.18. The van der Waals surface area contributed by atoms with E-state index >= 15 is 0 Å². The minimum Gasteiger partial charge on any atom is -0.381 e. The first kappa shape index (κ1) is 13.2. The lowest BCUT2D eigenvalue weighted by Gasteiger charge is -2.20.